The molecule has 1 aromatic carbocycles. The van der Waals surface area contributed by atoms with Crippen molar-refractivity contribution in [3.8, 4) is 5.75 Å². The van der Waals surface area contributed by atoms with E-state index in [4.69, 9.17) is 4.74 Å². The number of pyridine rings is 1. The van der Waals surface area contributed by atoms with E-state index >= 15 is 0 Å². The molecular weight excluding hydrogens is 326 g/mol. The number of para-hydroxylation sites is 1. The summed E-state index contributed by atoms with van der Waals surface area (Å²) in [5.41, 5.74) is 3.42. The SMILES string of the molecule is CCC(CC)NC(=O)c1ccccc1OCc1cn2cccc(C)c2n1. The van der Waals surface area contributed by atoms with Gasteiger partial charge in [-0.15, -0.1) is 0 Å². The molecule has 0 saturated carbocycles. The zero-order valence-corrected chi connectivity index (χ0v) is 15.5. The summed E-state index contributed by atoms with van der Waals surface area (Å²) in [6.45, 7) is 6.49. The first kappa shape index (κ1) is 18.0. The standard InChI is InChI=1S/C21H25N3O2/c1-4-16(5-2)23-21(25)18-10-6-7-11-19(18)26-14-17-13-24-12-8-9-15(3)20(24)22-17/h6-13,16H,4-5,14H2,1-3H3,(H,23,25). The number of hydrogen-bond acceptors (Lipinski definition) is 3. The minimum atomic E-state index is -0.0971. The van der Waals surface area contributed by atoms with Crippen LogP contribution in [0.25, 0.3) is 5.65 Å². The van der Waals surface area contributed by atoms with E-state index in [9.17, 15) is 4.79 Å². The number of carbonyl (C=O) groups excluding carboxylic acids is 1. The van der Waals surface area contributed by atoms with Crippen LogP contribution in [0, 0.1) is 6.92 Å². The van der Waals surface area contributed by atoms with Crippen molar-refractivity contribution in [3.63, 3.8) is 0 Å². The van der Waals surface area contributed by atoms with Crippen LogP contribution in [0.3, 0.4) is 0 Å². The van der Waals surface area contributed by atoms with Crippen molar-refractivity contribution in [1.82, 2.24) is 14.7 Å². The lowest BCUT2D eigenvalue weighted by Gasteiger charge is -2.16. The van der Waals surface area contributed by atoms with Crippen molar-refractivity contribution < 1.29 is 9.53 Å². The summed E-state index contributed by atoms with van der Waals surface area (Å²) >= 11 is 0. The van der Waals surface area contributed by atoms with Crippen LogP contribution >= 0.6 is 0 Å². The number of benzene rings is 1. The van der Waals surface area contributed by atoms with Crippen LogP contribution in [-0.4, -0.2) is 21.3 Å². The maximum absolute atomic E-state index is 12.6. The molecule has 0 spiro atoms. The number of imidazole rings is 1. The topological polar surface area (TPSA) is 55.6 Å². The molecule has 5 heteroatoms. The van der Waals surface area contributed by atoms with Gasteiger partial charge in [-0.3, -0.25) is 4.79 Å². The molecule has 1 amide bonds. The summed E-state index contributed by atoms with van der Waals surface area (Å²) in [4.78, 5) is 17.2. The zero-order valence-electron chi connectivity index (χ0n) is 15.5. The summed E-state index contributed by atoms with van der Waals surface area (Å²) in [5.74, 6) is 0.477. The predicted octanol–water partition coefficient (Wildman–Crippen LogP) is 4.14. The molecule has 26 heavy (non-hydrogen) atoms. The number of ether oxygens (including phenoxy) is 1. The number of amides is 1. The van der Waals surface area contributed by atoms with Crippen LogP contribution in [0.15, 0.2) is 48.8 Å². The van der Waals surface area contributed by atoms with Crippen LogP contribution < -0.4 is 10.1 Å². The van der Waals surface area contributed by atoms with Crippen molar-refractivity contribution in [2.24, 2.45) is 0 Å². The Morgan fingerprint density at radius 3 is 2.69 bits per heavy atom. The number of rotatable bonds is 7. The quantitative estimate of drug-likeness (QED) is 0.696. The average Bonchev–Trinajstić information content (AvgIpc) is 3.09. The fraction of sp³-hybridized carbons (Fsp3) is 0.333. The van der Waals surface area contributed by atoms with Crippen LogP contribution in [0.2, 0.25) is 0 Å². The lowest BCUT2D eigenvalue weighted by Crippen LogP contribution is -2.34. The van der Waals surface area contributed by atoms with Crippen molar-refractivity contribution in [2.75, 3.05) is 0 Å². The molecule has 0 saturated heterocycles. The van der Waals surface area contributed by atoms with Gasteiger partial charge in [-0.1, -0.05) is 32.0 Å². The maximum atomic E-state index is 12.6. The molecular formula is C21H25N3O2. The van der Waals surface area contributed by atoms with Crippen molar-refractivity contribution in [3.05, 3.63) is 65.6 Å². The maximum Gasteiger partial charge on any atom is 0.255 e. The summed E-state index contributed by atoms with van der Waals surface area (Å²) in [7, 11) is 0. The number of hydrogen-bond donors (Lipinski definition) is 1. The normalized spacial score (nSPS) is 11.1. The first-order valence-corrected chi connectivity index (χ1v) is 9.08. The van der Waals surface area contributed by atoms with Crippen LogP contribution in [-0.2, 0) is 6.61 Å². The molecule has 136 valence electrons. The molecule has 0 aliphatic heterocycles. The van der Waals surface area contributed by atoms with Crippen molar-refractivity contribution in [2.45, 2.75) is 46.3 Å². The third-order valence-electron chi connectivity index (χ3n) is 4.56. The molecule has 0 fully saturated rings. The first-order valence-electron chi connectivity index (χ1n) is 9.08. The Kier molecular flexibility index (Phi) is 5.56. The molecule has 0 unspecified atom stereocenters. The fourth-order valence-corrected chi connectivity index (χ4v) is 2.96. The molecule has 2 heterocycles. The van der Waals surface area contributed by atoms with Gasteiger partial charge in [0.15, 0.2) is 0 Å². The third kappa shape index (κ3) is 3.87. The molecule has 3 aromatic rings. The van der Waals surface area contributed by atoms with Crippen LogP contribution in [0.5, 0.6) is 5.75 Å². The van der Waals surface area contributed by atoms with Gasteiger partial charge in [0, 0.05) is 18.4 Å². The van der Waals surface area contributed by atoms with E-state index in [0.29, 0.717) is 17.9 Å². The molecule has 0 radical (unpaired) electrons. The van der Waals surface area contributed by atoms with Gasteiger partial charge in [0.1, 0.15) is 18.0 Å². The molecule has 2 aromatic heterocycles. The van der Waals surface area contributed by atoms with Crippen molar-refractivity contribution in [1.29, 1.82) is 0 Å². The highest BCUT2D eigenvalue weighted by atomic mass is 16.5. The van der Waals surface area contributed by atoms with Crippen LogP contribution in [0.1, 0.15) is 48.3 Å². The Morgan fingerprint density at radius 1 is 1.19 bits per heavy atom. The van der Waals surface area contributed by atoms with E-state index in [0.717, 1.165) is 29.7 Å². The molecule has 0 bridgehead atoms. The number of aromatic nitrogens is 2. The van der Waals surface area contributed by atoms with E-state index in [1.165, 1.54) is 0 Å². The minimum Gasteiger partial charge on any atom is -0.486 e. The second kappa shape index (κ2) is 8.04. The highest BCUT2D eigenvalue weighted by Gasteiger charge is 2.15. The van der Waals surface area contributed by atoms with E-state index in [1.54, 1.807) is 6.07 Å². The minimum absolute atomic E-state index is 0.0971. The van der Waals surface area contributed by atoms with Gasteiger partial charge in [-0.2, -0.15) is 0 Å². The van der Waals surface area contributed by atoms with Gasteiger partial charge in [-0.25, -0.2) is 4.98 Å². The van der Waals surface area contributed by atoms with E-state index in [1.807, 2.05) is 54.0 Å². The first-order chi connectivity index (χ1) is 12.6. The van der Waals surface area contributed by atoms with Gasteiger partial charge < -0.3 is 14.5 Å². The summed E-state index contributed by atoms with van der Waals surface area (Å²) in [6.07, 6.45) is 5.74. The smallest absolute Gasteiger partial charge is 0.255 e. The Hall–Kier alpha value is -2.82. The van der Waals surface area contributed by atoms with Gasteiger partial charge in [0.2, 0.25) is 0 Å². The lowest BCUT2D eigenvalue weighted by atomic mass is 10.1. The molecule has 3 rings (SSSR count). The van der Waals surface area contributed by atoms with E-state index in [-0.39, 0.29) is 11.9 Å². The number of fused-ring (bicyclic) bond motifs is 1. The highest BCUT2D eigenvalue weighted by Crippen LogP contribution is 2.20. The van der Waals surface area contributed by atoms with Gasteiger partial charge in [0.05, 0.1) is 11.3 Å². The number of nitrogens with one attached hydrogen (secondary N) is 1. The van der Waals surface area contributed by atoms with E-state index in [2.05, 4.69) is 24.1 Å². The van der Waals surface area contributed by atoms with Crippen molar-refractivity contribution >= 4 is 11.6 Å². The highest BCUT2D eigenvalue weighted by molar-refractivity contribution is 5.97. The Labute approximate surface area is 154 Å². The van der Waals surface area contributed by atoms with Gasteiger partial charge in [0.25, 0.3) is 5.91 Å². The summed E-state index contributed by atoms with van der Waals surface area (Å²) in [5, 5.41) is 3.06. The van der Waals surface area contributed by atoms with Gasteiger partial charge >= 0.3 is 0 Å². The largest absolute Gasteiger partial charge is 0.486 e. The Morgan fingerprint density at radius 2 is 1.96 bits per heavy atom. The second-order valence-corrected chi connectivity index (χ2v) is 6.43. The Balaban J connectivity index is 1.75. The van der Waals surface area contributed by atoms with E-state index < -0.39 is 0 Å². The van der Waals surface area contributed by atoms with Gasteiger partial charge in [-0.05, 0) is 43.5 Å². The molecule has 5 nitrogen and oxygen atoms in total. The number of nitrogens with zero attached hydrogens (tertiary/aromatic N) is 2. The molecule has 0 aliphatic carbocycles. The summed E-state index contributed by atoms with van der Waals surface area (Å²) in [6, 6.07) is 11.5. The number of carbonyl (C=O) groups is 1. The lowest BCUT2D eigenvalue weighted by molar-refractivity contribution is 0.0930. The molecule has 1 N–H and O–H groups in total. The second-order valence-electron chi connectivity index (χ2n) is 6.43. The third-order valence-corrected chi connectivity index (χ3v) is 4.56. The fourth-order valence-electron chi connectivity index (χ4n) is 2.96. The summed E-state index contributed by atoms with van der Waals surface area (Å²) < 4.78 is 7.91. The zero-order chi connectivity index (χ0) is 18.5. The predicted molar refractivity (Wildman–Crippen MR) is 103 cm³/mol. The average molecular weight is 351 g/mol. The number of aryl methyl sites for hydroxylation is 1. The Bertz CT molecular complexity index is 897. The molecule has 0 aliphatic rings. The molecule has 0 atom stereocenters. The monoisotopic (exact) mass is 351 g/mol. The van der Waals surface area contributed by atoms with Crippen LogP contribution in [0.4, 0.5) is 0 Å².